The standard InChI is InChI=1S/C14H19FN2O2.ClH/c1-10(16)13(18)17-14(5-7-19-8-6-14)11-3-2-4-12(15)9-11;/h2-4,9-10H,5-8,16H2,1H3,(H,17,18);1H/t10-;/m0./s1. The van der Waals surface area contributed by atoms with Crippen molar-refractivity contribution < 1.29 is 13.9 Å². The van der Waals surface area contributed by atoms with Gasteiger partial charge in [-0.3, -0.25) is 4.79 Å². The number of halogens is 2. The van der Waals surface area contributed by atoms with E-state index in [0.29, 0.717) is 26.1 Å². The monoisotopic (exact) mass is 302 g/mol. The van der Waals surface area contributed by atoms with Crippen molar-refractivity contribution in [2.45, 2.75) is 31.3 Å². The van der Waals surface area contributed by atoms with Gasteiger partial charge in [-0.15, -0.1) is 12.4 Å². The number of nitrogens with two attached hydrogens (primary N) is 1. The van der Waals surface area contributed by atoms with Crippen molar-refractivity contribution in [3.8, 4) is 0 Å². The molecule has 20 heavy (non-hydrogen) atoms. The summed E-state index contributed by atoms with van der Waals surface area (Å²) in [5.41, 5.74) is 5.79. The van der Waals surface area contributed by atoms with Crippen LogP contribution in [0.4, 0.5) is 4.39 Å². The quantitative estimate of drug-likeness (QED) is 0.893. The fourth-order valence-corrected chi connectivity index (χ4v) is 2.34. The van der Waals surface area contributed by atoms with E-state index in [1.807, 2.05) is 6.07 Å². The van der Waals surface area contributed by atoms with E-state index in [0.717, 1.165) is 5.56 Å². The van der Waals surface area contributed by atoms with Gasteiger partial charge >= 0.3 is 0 Å². The fraction of sp³-hybridized carbons (Fsp3) is 0.500. The summed E-state index contributed by atoms with van der Waals surface area (Å²) < 4.78 is 18.8. The third kappa shape index (κ3) is 3.69. The molecular weight excluding hydrogens is 283 g/mol. The molecule has 0 spiro atoms. The lowest BCUT2D eigenvalue weighted by atomic mass is 9.82. The van der Waals surface area contributed by atoms with Gasteiger partial charge in [0, 0.05) is 13.2 Å². The minimum absolute atomic E-state index is 0. The van der Waals surface area contributed by atoms with Gasteiger partial charge < -0.3 is 15.8 Å². The molecule has 2 rings (SSSR count). The van der Waals surface area contributed by atoms with Crippen LogP contribution in [0.2, 0.25) is 0 Å². The number of carbonyl (C=O) groups excluding carboxylic acids is 1. The van der Waals surface area contributed by atoms with E-state index in [-0.39, 0.29) is 24.1 Å². The summed E-state index contributed by atoms with van der Waals surface area (Å²) in [6.45, 7) is 2.71. The molecule has 1 atom stereocenters. The van der Waals surface area contributed by atoms with E-state index in [9.17, 15) is 9.18 Å². The van der Waals surface area contributed by atoms with Crippen molar-refractivity contribution in [1.29, 1.82) is 0 Å². The van der Waals surface area contributed by atoms with E-state index in [2.05, 4.69) is 5.32 Å². The highest BCUT2D eigenvalue weighted by atomic mass is 35.5. The molecule has 1 saturated heterocycles. The Bertz CT molecular complexity index is 462. The molecular formula is C14H20ClFN2O2. The van der Waals surface area contributed by atoms with Crippen molar-refractivity contribution in [2.24, 2.45) is 5.73 Å². The predicted molar refractivity (Wildman–Crippen MR) is 77.2 cm³/mol. The van der Waals surface area contributed by atoms with Crippen molar-refractivity contribution in [3.05, 3.63) is 35.6 Å². The maximum Gasteiger partial charge on any atom is 0.237 e. The molecule has 4 nitrogen and oxygen atoms in total. The highest BCUT2D eigenvalue weighted by Gasteiger charge is 2.36. The van der Waals surface area contributed by atoms with Crippen LogP contribution in [-0.2, 0) is 15.1 Å². The molecule has 1 fully saturated rings. The molecule has 1 aromatic rings. The molecule has 3 N–H and O–H groups in total. The topological polar surface area (TPSA) is 64.4 Å². The number of benzene rings is 1. The Morgan fingerprint density at radius 2 is 2.10 bits per heavy atom. The van der Waals surface area contributed by atoms with E-state index < -0.39 is 11.6 Å². The Morgan fingerprint density at radius 3 is 2.65 bits per heavy atom. The van der Waals surface area contributed by atoms with Crippen LogP contribution in [0.25, 0.3) is 0 Å². The number of ether oxygens (including phenoxy) is 1. The van der Waals surface area contributed by atoms with Gasteiger partial charge in [0.25, 0.3) is 0 Å². The first-order valence-electron chi connectivity index (χ1n) is 6.45. The number of nitrogens with one attached hydrogen (secondary N) is 1. The van der Waals surface area contributed by atoms with Crippen molar-refractivity contribution in [3.63, 3.8) is 0 Å². The van der Waals surface area contributed by atoms with Gasteiger partial charge in [0.05, 0.1) is 11.6 Å². The zero-order valence-corrected chi connectivity index (χ0v) is 12.2. The Balaban J connectivity index is 0.00000200. The van der Waals surface area contributed by atoms with Crippen LogP contribution in [0.1, 0.15) is 25.3 Å². The summed E-state index contributed by atoms with van der Waals surface area (Å²) in [6.07, 6.45) is 1.24. The first-order valence-corrected chi connectivity index (χ1v) is 6.45. The largest absolute Gasteiger partial charge is 0.381 e. The highest BCUT2D eigenvalue weighted by molar-refractivity contribution is 5.85. The van der Waals surface area contributed by atoms with Crippen LogP contribution < -0.4 is 11.1 Å². The van der Waals surface area contributed by atoms with Crippen LogP contribution in [0.15, 0.2) is 24.3 Å². The Hall–Kier alpha value is -1.17. The van der Waals surface area contributed by atoms with Crippen LogP contribution in [0.5, 0.6) is 0 Å². The number of hydrogen-bond donors (Lipinski definition) is 2. The Labute approximate surface area is 124 Å². The molecule has 1 aromatic carbocycles. The SMILES string of the molecule is C[C@H](N)C(=O)NC1(c2cccc(F)c2)CCOCC1.Cl. The second kappa shape index (κ2) is 7.02. The third-order valence-corrected chi connectivity index (χ3v) is 3.50. The summed E-state index contributed by atoms with van der Waals surface area (Å²) in [5, 5.41) is 2.96. The molecule has 0 saturated carbocycles. The highest BCUT2D eigenvalue weighted by Crippen LogP contribution is 2.32. The number of hydrogen-bond acceptors (Lipinski definition) is 3. The molecule has 0 aliphatic carbocycles. The molecule has 1 heterocycles. The summed E-state index contributed by atoms with van der Waals surface area (Å²) in [6, 6.07) is 5.75. The average molecular weight is 303 g/mol. The summed E-state index contributed by atoms with van der Waals surface area (Å²) in [4.78, 5) is 11.9. The van der Waals surface area contributed by atoms with Gasteiger partial charge in [0.1, 0.15) is 5.82 Å². The minimum atomic E-state index is -0.590. The van der Waals surface area contributed by atoms with E-state index in [1.54, 1.807) is 13.0 Å². The molecule has 0 radical (unpaired) electrons. The first kappa shape index (κ1) is 16.9. The Kier molecular flexibility index (Phi) is 5.92. The van der Waals surface area contributed by atoms with Gasteiger partial charge in [-0.25, -0.2) is 4.39 Å². The van der Waals surface area contributed by atoms with Gasteiger partial charge in [-0.1, -0.05) is 12.1 Å². The third-order valence-electron chi connectivity index (χ3n) is 3.50. The van der Waals surface area contributed by atoms with Gasteiger partial charge in [-0.05, 0) is 37.5 Å². The minimum Gasteiger partial charge on any atom is -0.381 e. The zero-order chi connectivity index (χ0) is 13.9. The number of carbonyl (C=O) groups is 1. The maximum atomic E-state index is 13.4. The fourth-order valence-electron chi connectivity index (χ4n) is 2.34. The van der Waals surface area contributed by atoms with E-state index in [1.165, 1.54) is 12.1 Å². The second-order valence-corrected chi connectivity index (χ2v) is 4.98. The lowest BCUT2D eigenvalue weighted by Gasteiger charge is -2.39. The zero-order valence-electron chi connectivity index (χ0n) is 11.4. The summed E-state index contributed by atoms with van der Waals surface area (Å²) >= 11 is 0. The van der Waals surface area contributed by atoms with Crippen LogP contribution in [-0.4, -0.2) is 25.2 Å². The summed E-state index contributed by atoms with van der Waals surface area (Å²) in [5.74, 6) is -0.537. The molecule has 0 unspecified atom stereocenters. The van der Waals surface area contributed by atoms with Crippen molar-refractivity contribution in [2.75, 3.05) is 13.2 Å². The van der Waals surface area contributed by atoms with Crippen molar-refractivity contribution in [1.82, 2.24) is 5.32 Å². The van der Waals surface area contributed by atoms with Gasteiger partial charge in [0.15, 0.2) is 0 Å². The average Bonchev–Trinajstić information content (AvgIpc) is 2.39. The lowest BCUT2D eigenvalue weighted by Crippen LogP contribution is -2.53. The van der Waals surface area contributed by atoms with Crippen LogP contribution >= 0.6 is 12.4 Å². The van der Waals surface area contributed by atoms with Crippen LogP contribution in [0, 0.1) is 5.82 Å². The first-order chi connectivity index (χ1) is 9.03. The number of amides is 1. The molecule has 6 heteroatoms. The Morgan fingerprint density at radius 1 is 1.45 bits per heavy atom. The molecule has 0 bridgehead atoms. The normalized spacial score (nSPS) is 18.8. The smallest absolute Gasteiger partial charge is 0.237 e. The predicted octanol–water partition coefficient (Wildman–Crippen LogP) is 1.72. The molecule has 1 aliphatic heterocycles. The molecule has 0 aromatic heterocycles. The number of rotatable bonds is 3. The molecule has 112 valence electrons. The van der Waals surface area contributed by atoms with E-state index >= 15 is 0 Å². The van der Waals surface area contributed by atoms with Gasteiger partial charge in [-0.2, -0.15) is 0 Å². The molecule has 1 aliphatic rings. The second-order valence-electron chi connectivity index (χ2n) is 4.98. The lowest BCUT2D eigenvalue weighted by molar-refractivity contribution is -0.125. The summed E-state index contributed by atoms with van der Waals surface area (Å²) in [7, 11) is 0. The van der Waals surface area contributed by atoms with Crippen molar-refractivity contribution >= 4 is 18.3 Å². The van der Waals surface area contributed by atoms with Gasteiger partial charge in [0.2, 0.25) is 5.91 Å². The van der Waals surface area contributed by atoms with E-state index in [4.69, 9.17) is 10.5 Å². The molecule has 1 amide bonds. The van der Waals surface area contributed by atoms with Crippen LogP contribution in [0.3, 0.4) is 0 Å². The maximum absolute atomic E-state index is 13.4.